The van der Waals surface area contributed by atoms with Crippen LogP contribution in [0.3, 0.4) is 0 Å². The lowest BCUT2D eigenvalue weighted by atomic mass is 9.87. The SMILES string of the molecule is CCc1nc2n(n1)CCCC2NC(=O)NC1CCC(CO)CC1. The quantitative estimate of drug-likeness (QED) is 0.784. The Morgan fingerprint density at radius 2 is 2.04 bits per heavy atom. The molecular formula is C16H27N5O2. The minimum absolute atomic E-state index is 0.0506. The Kier molecular flexibility index (Phi) is 5.15. The molecule has 1 fully saturated rings. The Bertz CT molecular complexity index is 537. The van der Waals surface area contributed by atoms with E-state index in [1.54, 1.807) is 0 Å². The van der Waals surface area contributed by atoms with Crippen LogP contribution in [0.25, 0.3) is 0 Å². The highest BCUT2D eigenvalue weighted by molar-refractivity contribution is 5.74. The third-order valence-corrected chi connectivity index (χ3v) is 4.98. The first-order valence-corrected chi connectivity index (χ1v) is 8.81. The molecular weight excluding hydrogens is 294 g/mol. The van der Waals surface area contributed by atoms with Crippen LogP contribution < -0.4 is 10.6 Å². The average Bonchev–Trinajstić information content (AvgIpc) is 3.00. The number of carbonyl (C=O) groups excluding carboxylic acids is 1. The highest BCUT2D eigenvalue weighted by atomic mass is 16.3. The summed E-state index contributed by atoms with van der Waals surface area (Å²) in [5.41, 5.74) is 0. The molecule has 7 nitrogen and oxygen atoms in total. The summed E-state index contributed by atoms with van der Waals surface area (Å²) in [5, 5.41) is 19.8. The Morgan fingerprint density at radius 1 is 1.26 bits per heavy atom. The van der Waals surface area contributed by atoms with E-state index in [2.05, 4.69) is 20.7 Å². The van der Waals surface area contributed by atoms with E-state index >= 15 is 0 Å². The van der Waals surface area contributed by atoms with E-state index in [1.807, 2.05) is 11.6 Å². The lowest BCUT2D eigenvalue weighted by Gasteiger charge is -2.29. The molecule has 1 unspecified atom stereocenters. The first-order chi connectivity index (χ1) is 11.2. The first kappa shape index (κ1) is 16.2. The van der Waals surface area contributed by atoms with Gasteiger partial charge in [-0.2, -0.15) is 5.10 Å². The van der Waals surface area contributed by atoms with Gasteiger partial charge >= 0.3 is 6.03 Å². The second-order valence-corrected chi connectivity index (χ2v) is 6.68. The highest BCUT2D eigenvalue weighted by Crippen LogP contribution is 2.25. The van der Waals surface area contributed by atoms with E-state index in [0.717, 1.165) is 63.1 Å². The fourth-order valence-electron chi connectivity index (χ4n) is 3.56. The van der Waals surface area contributed by atoms with Gasteiger partial charge in [0.25, 0.3) is 0 Å². The molecule has 7 heteroatoms. The third-order valence-electron chi connectivity index (χ3n) is 4.98. The van der Waals surface area contributed by atoms with Gasteiger partial charge in [-0.25, -0.2) is 14.5 Å². The Balaban J connectivity index is 1.54. The van der Waals surface area contributed by atoms with Gasteiger partial charge in [0, 0.05) is 25.6 Å². The van der Waals surface area contributed by atoms with Gasteiger partial charge in [0.05, 0.1) is 6.04 Å². The topological polar surface area (TPSA) is 92.1 Å². The standard InChI is InChI=1S/C16H27N5O2/c1-2-14-19-15-13(4-3-9-21(15)20-14)18-16(23)17-12-7-5-11(10-22)6-8-12/h11-13,22H,2-10H2,1H3,(H2,17,18,23). The molecule has 1 aliphatic carbocycles. The van der Waals surface area contributed by atoms with Crippen molar-refractivity contribution in [2.24, 2.45) is 5.92 Å². The zero-order chi connectivity index (χ0) is 16.2. The molecule has 128 valence electrons. The molecule has 1 aromatic heterocycles. The van der Waals surface area contributed by atoms with Gasteiger partial charge in [-0.05, 0) is 44.4 Å². The number of aliphatic hydroxyl groups excluding tert-OH is 1. The minimum atomic E-state index is -0.114. The maximum Gasteiger partial charge on any atom is 0.315 e. The van der Waals surface area contributed by atoms with Crippen molar-refractivity contribution < 1.29 is 9.90 Å². The molecule has 3 rings (SSSR count). The van der Waals surface area contributed by atoms with Crippen molar-refractivity contribution in [1.29, 1.82) is 0 Å². The summed E-state index contributed by atoms with van der Waals surface area (Å²) < 4.78 is 1.93. The molecule has 1 saturated carbocycles. The van der Waals surface area contributed by atoms with E-state index in [-0.39, 0.29) is 24.7 Å². The molecule has 0 radical (unpaired) electrons. The number of aryl methyl sites for hydroxylation is 2. The molecule has 2 amide bonds. The highest BCUT2D eigenvalue weighted by Gasteiger charge is 2.27. The van der Waals surface area contributed by atoms with Gasteiger partial charge < -0.3 is 15.7 Å². The number of fused-ring (bicyclic) bond motifs is 1. The summed E-state index contributed by atoms with van der Waals surface area (Å²) in [4.78, 5) is 16.8. The van der Waals surface area contributed by atoms with Gasteiger partial charge in [-0.3, -0.25) is 0 Å². The molecule has 0 spiro atoms. The Labute approximate surface area is 136 Å². The number of nitrogens with zero attached hydrogens (tertiary/aromatic N) is 3. The van der Waals surface area contributed by atoms with E-state index in [9.17, 15) is 9.90 Å². The summed E-state index contributed by atoms with van der Waals surface area (Å²) in [6.07, 6.45) is 6.59. The van der Waals surface area contributed by atoms with Gasteiger partial charge in [0.15, 0.2) is 5.82 Å². The molecule has 1 aromatic rings. The minimum Gasteiger partial charge on any atom is -0.396 e. The lowest BCUT2D eigenvalue weighted by molar-refractivity contribution is 0.173. The molecule has 0 bridgehead atoms. The number of amides is 2. The van der Waals surface area contributed by atoms with Crippen LogP contribution in [0, 0.1) is 5.92 Å². The lowest BCUT2D eigenvalue weighted by Crippen LogP contribution is -2.46. The number of aliphatic hydroxyl groups is 1. The Hall–Kier alpha value is -1.63. The van der Waals surface area contributed by atoms with Crippen LogP contribution in [-0.2, 0) is 13.0 Å². The van der Waals surface area contributed by atoms with E-state index in [4.69, 9.17) is 0 Å². The van der Waals surface area contributed by atoms with Crippen molar-refractivity contribution in [3.8, 4) is 0 Å². The molecule has 1 atom stereocenters. The van der Waals surface area contributed by atoms with Crippen molar-refractivity contribution in [3.05, 3.63) is 11.6 Å². The van der Waals surface area contributed by atoms with Crippen LogP contribution in [0.1, 0.15) is 63.1 Å². The first-order valence-electron chi connectivity index (χ1n) is 8.81. The van der Waals surface area contributed by atoms with Crippen molar-refractivity contribution in [2.45, 2.75) is 70.5 Å². The fraction of sp³-hybridized carbons (Fsp3) is 0.812. The summed E-state index contributed by atoms with van der Waals surface area (Å²) >= 11 is 0. The van der Waals surface area contributed by atoms with Crippen molar-refractivity contribution in [2.75, 3.05) is 6.61 Å². The van der Waals surface area contributed by atoms with Crippen LogP contribution >= 0.6 is 0 Å². The maximum atomic E-state index is 12.3. The molecule has 0 aromatic carbocycles. The second kappa shape index (κ2) is 7.29. The number of rotatable bonds is 4. The Morgan fingerprint density at radius 3 is 2.74 bits per heavy atom. The van der Waals surface area contributed by atoms with E-state index in [0.29, 0.717) is 5.92 Å². The van der Waals surface area contributed by atoms with Crippen LogP contribution in [-0.4, -0.2) is 38.6 Å². The zero-order valence-electron chi connectivity index (χ0n) is 13.8. The number of nitrogens with one attached hydrogen (secondary N) is 2. The van der Waals surface area contributed by atoms with Gasteiger partial charge in [-0.15, -0.1) is 0 Å². The number of hydrogen-bond acceptors (Lipinski definition) is 4. The summed E-state index contributed by atoms with van der Waals surface area (Å²) in [5.74, 6) is 2.13. The molecule has 3 N–H and O–H groups in total. The fourth-order valence-corrected chi connectivity index (χ4v) is 3.56. The van der Waals surface area contributed by atoms with Crippen LogP contribution in [0.15, 0.2) is 0 Å². The number of hydrogen-bond donors (Lipinski definition) is 3. The monoisotopic (exact) mass is 321 g/mol. The number of aromatic nitrogens is 3. The van der Waals surface area contributed by atoms with Crippen LogP contribution in [0.5, 0.6) is 0 Å². The van der Waals surface area contributed by atoms with Crippen molar-refractivity contribution in [3.63, 3.8) is 0 Å². The molecule has 0 saturated heterocycles. The smallest absolute Gasteiger partial charge is 0.315 e. The van der Waals surface area contributed by atoms with Gasteiger partial charge in [0.1, 0.15) is 5.82 Å². The largest absolute Gasteiger partial charge is 0.396 e. The zero-order valence-corrected chi connectivity index (χ0v) is 13.8. The predicted molar refractivity (Wildman–Crippen MR) is 85.9 cm³/mol. The average molecular weight is 321 g/mol. The van der Waals surface area contributed by atoms with Crippen molar-refractivity contribution in [1.82, 2.24) is 25.4 Å². The molecule has 23 heavy (non-hydrogen) atoms. The van der Waals surface area contributed by atoms with Crippen LogP contribution in [0.4, 0.5) is 4.79 Å². The van der Waals surface area contributed by atoms with Crippen LogP contribution in [0.2, 0.25) is 0 Å². The number of carbonyl (C=O) groups is 1. The number of urea groups is 1. The summed E-state index contributed by atoms with van der Waals surface area (Å²) in [6, 6.07) is 0.0488. The summed E-state index contributed by atoms with van der Waals surface area (Å²) in [7, 11) is 0. The van der Waals surface area contributed by atoms with Gasteiger partial charge in [-0.1, -0.05) is 6.92 Å². The molecule has 2 aliphatic rings. The predicted octanol–water partition coefficient (Wildman–Crippen LogP) is 1.53. The third kappa shape index (κ3) is 3.83. The van der Waals surface area contributed by atoms with E-state index in [1.165, 1.54) is 0 Å². The molecule has 2 heterocycles. The van der Waals surface area contributed by atoms with Crippen molar-refractivity contribution >= 4 is 6.03 Å². The maximum absolute atomic E-state index is 12.3. The normalized spacial score (nSPS) is 27.3. The summed E-state index contributed by atoms with van der Waals surface area (Å²) in [6.45, 7) is 3.18. The van der Waals surface area contributed by atoms with E-state index < -0.39 is 0 Å². The van der Waals surface area contributed by atoms with Gasteiger partial charge in [0.2, 0.25) is 0 Å². The molecule has 1 aliphatic heterocycles. The second-order valence-electron chi connectivity index (χ2n) is 6.68.